The van der Waals surface area contributed by atoms with E-state index in [-0.39, 0.29) is 0 Å². The van der Waals surface area contributed by atoms with Crippen LogP contribution in [-0.4, -0.2) is 23.6 Å². The van der Waals surface area contributed by atoms with E-state index >= 15 is 0 Å². The second-order valence-corrected chi connectivity index (χ2v) is 6.35. The van der Waals surface area contributed by atoms with Gasteiger partial charge in [-0.25, -0.2) is 4.98 Å². The van der Waals surface area contributed by atoms with Crippen LogP contribution in [0.5, 0.6) is 5.88 Å². The number of halogens is 2. The molecule has 0 aliphatic heterocycles. The molecule has 2 heterocycles. The maximum absolute atomic E-state index is 6.40. The van der Waals surface area contributed by atoms with Gasteiger partial charge in [-0.15, -0.1) is 0 Å². The normalized spacial score (nSPS) is 11.2. The molecule has 0 saturated carbocycles. The average molecular weight is 364 g/mol. The quantitative estimate of drug-likeness (QED) is 0.616. The average Bonchev–Trinajstić information content (AvgIpc) is 2.97. The molecule has 0 unspecified atom stereocenters. The number of aromatic nitrogens is 2. The van der Waals surface area contributed by atoms with Gasteiger partial charge in [-0.1, -0.05) is 29.3 Å². The van der Waals surface area contributed by atoms with E-state index in [0.29, 0.717) is 22.5 Å². The molecule has 1 aromatic carbocycles. The number of aryl methyl sites for hydroxylation is 1. The predicted octanol–water partition coefficient (Wildman–Crippen LogP) is 4.83. The minimum atomic E-state index is 0.531. The number of fused-ring (bicyclic) bond motifs is 1. The van der Waals surface area contributed by atoms with Crippen LogP contribution in [0.2, 0.25) is 10.0 Å². The van der Waals surface area contributed by atoms with E-state index in [2.05, 4.69) is 9.97 Å². The summed E-state index contributed by atoms with van der Waals surface area (Å²) < 4.78 is 5.42. The van der Waals surface area contributed by atoms with Crippen molar-refractivity contribution in [1.82, 2.24) is 9.97 Å². The van der Waals surface area contributed by atoms with E-state index in [0.717, 1.165) is 41.4 Å². The molecule has 3 aromatic rings. The van der Waals surface area contributed by atoms with Gasteiger partial charge in [-0.2, -0.15) is 0 Å². The summed E-state index contributed by atoms with van der Waals surface area (Å²) in [5.41, 5.74) is 9.54. The molecule has 0 fully saturated rings. The molecular weight excluding hydrogens is 345 g/mol. The van der Waals surface area contributed by atoms with Crippen LogP contribution in [-0.2, 0) is 6.42 Å². The zero-order valence-corrected chi connectivity index (χ0v) is 14.9. The maximum Gasteiger partial charge on any atom is 0.222 e. The van der Waals surface area contributed by atoms with Crippen molar-refractivity contribution in [3.05, 3.63) is 46.1 Å². The molecule has 3 N–H and O–H groups in total. The van der Waals surface area contributed by atoms with Crippen LogP contribution in [0.3, 0.4) is 0 Å². The Morgan fingerprint density at radius 2 is 2.04 bits per heavy atom. The number of hydrogen-bond acceptors (Lipinski definition) is 3. The summed E-state index contributed by atoms with van der Waals surface area (Å²) in [4.78, 5) is 7.72. The van der Waals surface area contributed by atoms with Crippen LogP contribution in [0.25, 0.3) is 22.2 Å². The molecule has 0 radical (unpaired) electrons. The molecule has 0 spiro atoms. The fourth-order valence-electron chi connectivity index (χ4n) is 2.94. The highest BCUT2D eigenvalue weighted by Crippen LogP contribution is 2.39. The molecule has 3 rings (SSSR count). The summed E-state index contributed by atoms with van der Waals surface area (Å²) >= 11 is 12.6. The first-order chi connectivity index (χ1) is 11.7. The highest BCUT2D eigenvalue weighted by Gasteiger charge is 2.19. The van der Waals surface area contributed by atoms with E-state index in [1.807, 2.05) is 24.3 Å². The van der Waals surface area contributed by atoms with Gasteiger partial charge < -0.3 is 15.5 Å². The lowest BCUT2D eigenvalue weighted by molar-refractivity contribution is 0.399. The van der Waals surface area contributed by atoms with Crippen molar-refractivity contribution in [2.24, 2.45) is 5.73 Å². The van der Waals surface area contributed by atoms with Crippen LogP contribution in [0.4, 0.5) is 0 Å². The number of aromatic amines is 1. The first-order valence-electron chi connectivity index (χ1n) is 7.85. The van der Waals surface area contributed by atoms with Gasteiger partial charge in [0.25, 0.3) is 0 Å². The number of unbranched alkanes of at least 4 members (excludes halogenated alkanes) is 1. The van der Waals surface area contributed by atoms with Crippen LogP contribution in [0, 0.1) is 0 Å². The Morgan fingerprint density at radius 3 is 2.79 bits per heavy atom. The van der Waals surface area contributed by atoms with Crippen LogP contribution < -0.4 is 10.5 Å². The summed E-state index contributed by atoms with van der Waals surface area (Å²) in [5.74, 6) is 0.575. The monoisotopic (exact) mass is 363 g/mol. The molecule has 0 atom stereocenters. The summed E-state index contributed by atoms with van der Waals surface area (Å²) in [5, 5.41) is 2.13. The Morgan fingerprint density at radius 1 is 1.21 bits per heavy atom. The van der Waals surface area contributed by atoms with Gasteiger partial charge in [0.2, 0.25) is 5.88 Å². The summed E-state index contributed by atoms with van der Waals surface area (Å²) in [6.45, 7) is 0.681. The highest BCUT2D eigenvalue weighted by molar-refractivity contribution is 6.45. The second-order valence-electron chi connectivity index (χ2n) is 5.57. The van der Waals surface area contributed by atoms with Crippen molar-refractivity contribution < 1.29 is 4.74 Å². The first kappa shape index (κ1) is 17.1. The number of H-pyrrole nitrogens is 1. The van der Waals surface area contributed by atoms with E-state index in [4.69, 9.17) is 33.7 Å². The molecule has 24 heavy (non-hydrogen) atoms. The first-order valence-corrected chi connectivity index (χ1v) is 8.61. The van der Waals surface area contributed by atoms with Gasteiger partial charge in [-0.05, 0) is 49.6 Å². The summed E-state index contributed by atoms with van der Waals surface area (Å²) in [6.07, 6.45) is 4.57. The lowest BCUT2D eigenvalue weighted by Gasteiger charge is -2.08. The van der Waals surface area contributed by atoms with Gasteiger partial charge in [0.1, 0.15) is 0 Å². The van der Waals surface area contributed by atoms with E-state index < -0.39 is 0 Å². The van der Waals surface area contributed by atoms with Crippen molar-refractivity contribution in [2.45, 2.75) is 19.3 Å². The number of methoxy groups -OCH3 is 1. The third-order valence-electron chi connectivity index (χ3n) is 4.09. The van der Waals surface area contributed by atoms with Gasteiger partial charge in [0.15, 0.2) is 0 Å². The summed E-state index contributed by atoms with van der Waals surface area (Å²) in [7, 11) is 1.62. The molecule has 126 valence electrons. The molecular formula is C18H19Cl2N3O. The molecule has 4 nitrogen and oxygen atoms in total. The minimum Gasteiger partial charge on any atom is -0.481 e. The number of nitrogens with zero attached hydrogens (tertiary/aromatic N) is 1. The van der Waals surface area contributed by atoms with Crippen LogP contribution in [0.1, 0.15) is 18.4 Å². The number of benzene rings is 1. The molecule has 0 saturated heterocycles. The zero-order chi connectivity index (χ0) is 17.1. The van der Waals surface area contributed by atoms with Crippen LogP contribution in [0.15, 0.2) is 30.5 Å². The fourth-order valence-corrected chi connectivity index (χ4v) is 3.31. The van der Waals surface area contributed by atoms with Crippen molar-refractivity contribution in [1.29, 1.82) is 0 Å². The van der Waals surface area contributed by atoms with Crippen LogP contribution >= 0.6 is 23.2 Å². The minimum absolute atomic E-state index is 0.531. The lowest BCUT2D eigenvalue weighted by Crippen LogP contribution is -1.99. The fraction of sp³-hybridized carbons (Fsp3) is 0.278. The largest absolute Gasteiger partial charge is 0.481 e. The topological polar surface area (TPSA) is 63.9 Å². The Kier molecular flexibility index (Phi) is 5.29. The Labute approximate surface area is 150 Å². The van der Waals surface area contributed by atoms with Gasteiger partial charge in [0.05, 0.1) is 33.9 Å². The van der Waals surface area contributed by atoms with E-state index in [9.17, 15) is 0 Å². The number of rotatable bonds is 6. The standard InChI is InChI=1S/C18H19Cl2N3O/c1-24-18-13(6-4-10-22-18)16-11(5-2-3-9-21)12-7-8-14(19)15(20)17(12)23-16/h4,6-8,10,23H,2-3,5,9,21H2,1H3. The number of nitrogens with two attached hydrogens (primary N) is 1. The van der Waals surface area contributed by atoms with Crippen molar-refractivity contribution in [3.63, 3.8) is 0 Å². The Hall–Kier alpha value is -1.75. The number of pyridine rings is 1. The van der Waals surface area contributed by atoms with Crippen molar-refractivity contribution in [3.8, 4) is 17.1 Å². The third kappa shape index (κ3) is 3.09. The predicted molar refractivity (Wildman–Crippen MR) is 100 cm³/mol. The molecule has 0 amide bonds. The molecule has 0 aliphatic carbocycles. The zero-order valence-electron chi connectivity index (χ0n) is 13.4. The van der Waals surface area contributed by atoms with Crippen molar-refractivity contribution in [2.75, 3.05) is 13.7 Å². The molecule has 2 aromatic heterocycles. The number of nitrogens with one attached hydrogen (secondary N) is 1. The Balaban J connectivity index is 2.21. The number of ether oxygens (including phenoxy) is 1. The van der Waals surface area contributed by atoms with E-state index in [1.165, 1.54) is 5.56 Å². The Bertz CT molecular complexity index is 861. The van der Waals surface area contributed by atoms with Gasteiger partial charge >= 0.3 is 0 Å². The third-order valence-corrected chi connectivity index (χ3v) is 4.89. The second kappa shape index (κ2) is 7.43. The van der Waals surface area contributed by atoms with Gasteiger partial charge in [0, 0.05) is 11.6 Å². The highest BCUT2D eigenvalue weighted by atomic mass is 35.5. The molecule has 0 aliphatic rings. The molecule has 6 heteroatoms. The molecule has 0 bridgehead atoms. The lowest BCUT2D eigenvalue weighted by atomic mass is 10.0. The van der Waals surface area contributed by atoms with E-state index in [1.54, 1.807) is 13.3 Å². The SMILES string of the molecule is COc1ncccc1-c1[nH]c2c(Cl)c(Cl)ccc2c1CCCCN. The van der Waals surface area contributed by atoms with Crippen molar-refractivity contribution >= 4 is 34.1 Å². The smallest absolute Gasteiger partial charge is 0.222 e. The number of hydrogen-bond donors (Lipinski definition) is 2. The summed E-state index contributed by atoms with van der Waals surface area (Å²) in [6, 6.07) is 7.71. The maximum atomic E-state index is 6.40. The van der Waals surface area contributed by atoms with Gasteiger partial charge in [-0.3, -0.25) is 0 Å².